The van der Waals surface area contributed by atoms with Gasteiger partial charge in [-0.25, -0.2) is 4.79 Å². The Morgan fingerprint density at radius 3 is 2.68 bits per heavy atom. The molecular formula is C14H18N2O3. The molecule has 1 aromatic carbocycles. The van der Waals surface area contributed by atoms with E-state index in [-0.39, 0.29) is 17.5 Å². The van der Waals surface area contributed by atoms with Gasteiger partial charge in [0.25, 0.3) is 0 Å². The maximum atomic E-state index is 12.0. The molecule has 1 amide bonds. The molecule has 19 heavy (non-hydrogen) atoms. The van der Waals surface area contributed by atoms with Crippen molar-refractivity contribution in [3.63, 3.8) is 0 Å². The van der Waals surface area contributed by atoms with Gasteiger partial charge in [-0.3, -0.25) is 4.79 Å². The Hall–Kier alpha value is -1.88. The number of benzene rings is 1. The molecule has 1 aliphatic heterocycles. The number of carbonyl (C=O) groups excluding carboxylic acids is 1. The lowest BCUT2D eigenvalue weighted by Crippen LogP contribution is -2.27. The third kappa shape index (κ3) is 3.12. The van der Waals surface area contributed by atoms with Crippen LogP contribution in [0.1, 0.15) is 41.3 Å². The minimum atomic E-state index is -0.940. The summed E-state index contributed by atoms with van der Waals surface area (Å²) in [6, 6.07) is 5.04. The number of nitrogens with zero attached hydrogens (tertiary/aromatic N) is 1. The van der Waals surface area contributed by atoms with E-state index in [4.69, 9.17) is 10.8 Å². The van der Waals surface area contributed by atoms with Gasteiger partial charge >= 0.3 is 5.97 Å². The van der Waals surface area contributed by atoms with Crippen LogP contribution in [0.5, 0.6) is 0 Å². The van der Waals surface area contributed by atoms with Crippen LogP contribution in [-0.2, 0) is 17.9 Å². The molecule has 3 N–H and O–H groups in total. The van der Waals surface area contributed by atoms with E-state index in [0.717, 1.165) is 11.1 Å². The Bertz CT molecular complexity index is 511. The molecule has 0 saturated heterocycles. The smallest absolute Gasteiger partial charge is 0.335 e. The summed E-state index contributed by atoms with van der Waals surface area (Å²) in [5, 5.41) is 8.94. The Kier molecular flexibility index (Phi) is 3.85. The van der Waals surface area contributed by atoms with Crippen molar-refractivity contribution in [2.75, 3.05) is 0 Å². The molecule has 1 aliphatic rings. The highest BCUT2D eigenvalue weighted by Gasteiger charge is 2.23. The lowest BCUT2D eigenvalue weighted by molar-refractivity contribution is -0.132. The summed E-state index contributed by atoms with van der Waals surface area (Å²) in [6.45, 7) is 2.94. The zero-order valence-corrected chi connectivity index (χ0v) is 10.9. The molecule has 2 rings (SSSR count). The molecule has 102 valence electrons. The molecule has 5 heteroatoms. The number of nitrogens with two attached hydrogens (primary N) is 1. The second kappa shape index (κ2) is 5.40. The Labute approximate surface area is 112 Å². The number of rotatable bonds is 4. The Morgan fingerprint density at radius 1 is 1.37 bits per heavy atom. The van der Waals surface area contributed by atoms with Crippen molar-refractivity contribution < 1.29 is 14.7 Å². The summed E-state index contributed by atoms with van der Waals surface area (Å²) >= 11 is 0. The Balaban J connectivity index is 2.03. The van der Waals surface area contributed by atoms with Crippen molar-refractivity contribution in [2.45, 2.75) is 38.9 Å². The molecule has 1 aromatic rings. The molecule has 0 spiro atoms. The van der Waals surface area contributed by atoms with Crippen LogP contribution in [0.25, 0.3) is 0 Å². The quantitative estimate of drug-likeness (QED) is 0.858. The van der Waals surface area contributed by atoms with E-state index in [1.165, 1.54) is 0 Å². The van der Waals surface area contributed by atoms with Gasteiger partial charge in [-0.15, -0.1) is 0 Å². The fourth-order valence-corrected chi connectivity index (χ4v) is 2.21. The lowest BCUT2D eigenvalue weighted by atomic mass is 10.1. The first-order chi connectivity index (χ1) is 8.97. The maximum absolute atomic E-state index is 12.0. The zero-order valence-electron chi connectivity index (χ0n) is 10.9. The molecule has 0 aromatic heterocycles. The van der Waals surface area contributed by atoms with Gasteiger partial charge in [0.2, 0.25) is 5.91 Å². The van der Waals surface area contributed by atoms with E-state index in [0.29, 0.717) is 25.9 Å². The first kappa shape index (κ1) is 13.5. The Morgan fingerprint density at radius 2 is 2.05 bits per heavy atom. The average Bonchev–Trinajstić information content (AvgIpc) is 2.78. The number of hydrogen-bond acceptors (Lipinski definition) is 3. The third-order valence-electron chi connectivity index (χ3n) is 3.34. The number of amides is 1. The third-order valence-corrected chi connectivity index (χ3v) is 3.34. The predicted octanol–water partition coefficient (Wildman–Crippen LogP) is 1.35. The van der Waals surface area contributed by atoms with Gasteiger partial charge in [0.1, 0.15) is 0 Å². The highest BCUT2D eigenvalue weighted by atomic mass is 16.4. The summed E-state index contributed by atoms with van der Waals surface area (Å²) < 4.78 is 0. The van der Waals surface area contributed by atoms with Crippen molar-refractivity contribution >= 4 is 11.9 Å². The highest BCUT2D eigenvalue weighted by Crippen LogP contribution is 2.24. The molecule has 1 unspecified atom stereocenters. The number of aromatic carboxylic acids is 1. The molecule has 1 atom stereocenters. The minimum absolute atomic E-state index is 0.0209. The van der Waals surface area contributed by atoms with Crippen molar-refractivity contribution in [1.29, 1.82) is 0 Å². The van der Waals surface area contributed by atoms with E-state index in [9.17, 15) is 9.59 Å². The first-order valence-corrected chi connectivity index (χ1v) is 6.36. The van der Waals surface area contributed by atoms with Gasteiger partial charge in [-0.1, -0.05) is 6.07 Å². The van der Waals surface area contributed by atoms with Crippen molar-refractivity contribution in [2.24, 2.45) is 5.73 Å². The first-order valence-electron chi connectivity index (χ1n) is 6.36. The number of carboxylic acids is 1. The van der Waals surface area contributed by atoms with Crippen LogP contribution < -0.4 is 5.73 Å². The average molecular weight is 262 g/mol. The van der Waals surface area contributed by atoms with Gasteiger partial charge in [0.15, 0.2) is 0 Å². The number of fused-ring (bicyclic) bond motifs is 1. The van der Waals surface area contributed by atoms with Crippen LogP contribution in [0.2, 0.25) is 0 Å². The van der Waals surface area contributed by atoms with E-state index in [1.807, 2.05) is 6.92 Å². The molecule has 0 fully saturated rings. The molecule has 0 saturated carbocycles. The van der Waals surface area contributed by atoms with E-state index in [1.54, 1.807) is 23.1 Å². The maximum Gasteiger partial charge on any atom is 0.335 e. The van der Waals surface area contributed by atoms with Gasteiger partial charge in [0.05, 0.1) is 5.56 Å². The van der Waals surface area contributed by atoms with E-state index in [2.05, 4.69) is 0 Å². The molecular weight excluding hydrogens is 244 g/mol. The van der Waals surface area contributed by atoms with Crippen LogP contribution in [0.3, 0.4) is 0 Å². The highest BCUT2D eigenvalue weighted by molar-refractivity contribution is 5.88. The second-order valence-corrected chi connectivity index (χ2v) is 5.05. The topological polar surface area (TPSA) is 83.6 Å². The number of carboxylic acid groups (broad SMARTS) is 1. The van der Waals surface area contributed by atoms with Crippen LogP contribution in [0, 0.1) is 0 Å². The van der Waals surface area contributed by atoms with Crippen LogP contribution in [0.4, 0.5) is 0 Å². The number of hydrogen-bond donors (Lipinski definition) is 2. The van der Waals surface area contributed by atoms with Gasteiger partial charge in [-0.05, 0) is 36.6 Å². The van der Waals surface area contributed by atoms with Crippen LogP contribution in [0.15, 0.2) is 18.2 Å². The summed E-state index contributed by atoms with van der Waals surface area (Å²) in [7, 11) is 0. The predicted molar refractivity (Wildman–Crippen MR) is 70.5 cm³/mol. The summed E-state index contributed by atoms with van der Waals surface area (Å²) in [4.78, 5) is 24.6. The van der Waals surface area contributed by atoms with Gasteiger partial charge in [0, 0.05) is 25.6 Å². The largest absolute Gasteiger partial charge is 0.478 e. The monoisotopic (exact) mass is 262 g/mol. The van der Waals surface area contributed by atoms with Gasteiger partial charge < -0.3 is 15.7 Å². The van der Waals surface area contributed by atoms with Crippen molar-refractivity contribution in [3.8, 4) is 0 Å². The standard InChI is InChI=1S/C14H18N2O3/c1-9(15)2-5-13(17)16-7-11-4-3-10(14(18)19)6-12(11)8-16/h3-4,6,9H,2,5,7-8,15H2,1H3,(H,18,19). The summed E-state index contributed by atoms with van der Waals surface area (Å²) in [5.74, 6) is -0.866. The summed E-state index contributed by atoms with van der Waals surface area (Å²) in [6.07, 6.45) is 1.11. The van der Waals surface area contributed by atoms with Crippen LogP contribution >= 0.6 is 0 Å². The summed E-state index contributed by atoms with van der Waals surface area (Å²) in [5.41, 5.74) is 7.86. The molecule has 1 heterocycles. The van der Waals surface area contributed by atoms with E-state index >= 15 is 0 Å². The SMILES string of the molecule is CC(N)CCC(=O)N1Cc2ccc(C(=O)O)cc2C1. The molecule has 0 bridgehead atoms. The minimum Gasteiger partial charge on any atom is -0.478 e. The van der Waals surface area contributed by atoms with Crippen molar-refractivity contribution in [1.82, 2.24) is 4.90 Å². The zero-order chi connectivity index (χ0) is 14.0. The molecule has 0 radical (unpaired) electrons. The lowest BCUT2D eigenvalue weighted by Gasteiger charge is -2.15. The molecule has 5 nitrogen and oxygen atoms in total. The fourth-order valence-electron chi connectivity index (χ4n) is 2.21. The van der Waals surface area contributed by atoms with E-state index < -0.39 is 5.97 Å². The molecule has 0 aliphatic carbocycles. The van der Waals surface area contributed by atoms with Crippen molar-refractivity contribution in [3.05, 3.63) is 34.9 Å². The second-order valence-electron chi connectivity index (χ2n) is 5.05. The fraction of sp³-hybridized carbons (Fsp3) is 0.429. The van der Waals surface area contributed by atoms with Gasteiger partial charge in [-0.2, -0.15) is 0 Å². The number of carbonyl (C=O) groups is 2. The van der Waals surface area contributed by atoms with Crippen LogP contribution in [-0.4, -0.2) is 27.9 Å². The normalized spacial score (nSPS) is 15.2.